The molecule has 2 aliphatic rings. The summed E-state index contributed by atoms with van der Waals surface area (Å²) < 4.78 is 5.22. The summed E-state index contributed by atoms with van der Waals surface area (Å²) in [6.45, 7) is 9.83. The highest BCUT2D eigenvalue weighted by Crippen LogP contribution is 2.26. The average Bonchev–Trinajstić information content (AvgIpc) is 3.55. The number of hydrogen-bond donors (Lipinski definition) is 5. The minimum absolute atomic E-state index is 0.0728. The van der Waals surface area contributed by atoms with Crippen LogP contribution in [0.2, 0.25) is 0 Å². The number of nitriles is 1. The largest absolute Gasteiger partial charge is 0.396 e. The number of carbonyl (C=O) groups is 1. The van der Waals surface area contributed by atoms with Crippen LogP contribution in [0.1, 0.15) is 56.7 Å². The third-order valence-electron chi connectivity index (χ3n) is 4.71. The number of morpholine rings is 1. The number of rotatable bonds is 8. The number of aliphatic hydroxyl groups is 1. The van der Waals surface area contributed by atoms with Crippen LogP contribution in [-0.2, 0) is 16.1 Å². The van der Waals surface area contributed by atoms with Crippen LogP contribution in [-0.4, -0.2) is 56.2 Å². The summed E-state index contributed by atoms with van der Waals surface area (Å²) in [6.07, 6.45) is 4.57. The molecule has 1 heterocycles. The third kappa shape index (κ3) is 11.5. The molecule has 1 atom stereocenters. The molecule has 5 N–H and O–H groups in total. The van der Waals surface area contributed by atoms with Crippen LogP contribution in [0.25, 0.3) is 0 Å². The minimum atomic E-state index is 0.0728. The highest BCUT2D eigenvalue weighted by Gasteiger charge is 2.13. The highest BCUT2D eigenvalue weighted by molar-refractivity contribution is 6.03. The SMILES string of the molecule is CC(=N)c1c(C#N)cc(CNC=O)cc1NCCCO.CC1CC1.CC1CNCCO1. The number of hydrogen-bond acceptors (Lipinski definition) is 7. The Bertz CT molecular complexity index is 723. The molecule has 1 aromatic rings. The van der Waals surface area contributed by atoms with Crippen molar-refractivity contribution in [3.8, 4) is 6.07 Å². The predicted molar refractivity (Wildman–Crippen MR) is 123 cm³/mol. The van der Waals surface area contributed by atoms with Crippen LogP contribution in [0.3, 0.4) is 0 Å². The van der Waals surface area contributed by atoms with Crippen LogP contribution in [0.5, 0.6) is 0 Å². The summed E-state index contributed by atoms with van der Waals surface area (Å²) in [5.74, 6) is 1.08. The van der Waals surface area contributed by atoms with Gasteiger partial charge in [0.25, 0.3) is 0 Å². The van der Waals surface area contributed by atoms with Crippen molar-refractivity contribution in [1.29, 1.82) is 10.7 Å². The lowest BCUT2D eigenvalue weighted by Crippen LogP contribution is -2.36. The van der Waals surface area contributed by atoms with E-state index >= 15 is 0 Å². The van der Waals surface area contributed by atoms with E-state index in [0.29, 0.717) is 54.6 Å². The Morgan fingerprint density at radius 1 is 1.42 bits per heavy atom. The van der Waals surface area contributed by atoms with E-state index in [-0.39, 0.29) is 6.61 Å². The van der Waals surface area contributed by atoms with E-state index in [2.05, 4.69) is 35.9 Å². The first kappa shape index (κ1) is 26.6. The molecule has 0 aromatic heterocycles. The van der Waals surface area contributed by atoms with Crippen LogP contribution in [0, 0.1) is 22.7 Å². The molecule has 1 aliphatic heterocycles. The van der Waals surface area contributed by atoms with Gasteiger partial charge < -0.3 is 31.2 Å². The number of ether oxygens (including phenoxy) is 1. The zero-order chi connectivity index (χ0) is 23.1. The molecular weight excluding hydrogens is 394 g/mol. The number of benzene rings is 1. The molecule has 172 valence electrons. The van der Waals surface area contributed by atoms with E-state index in [1.165, 1.54) is 12.8 Å². The molecule has 0 radical (unpaired) electrons. The highest BCUT2D eigenvalue weighted by atomic mass is 16.5. The van der Waals surface area contributed by atoms with Gasteiger partial charge in [-0.3, -0.25) is 4.79 Å². The number of amides is 1. The summed E-state index contributed by atoms with van der Waals surface area (Å²) in [5, 5.41) is 34.7. The van der Waals surface area contributed by atoms with Gasteiger partial charge in [0.05, 0.1) is 24.3 Å². The van der Waals surface area contributed by atoms with Gasteiger partial charge in [-0.25, -0.2) is 0 Å². The van der Waals surface area contributed by atoms with Gasteiger partial charge in [-0.15, -0.1) is 0 Å². The van der Waals surface area contributed by atoms with E-state index in [9.17, 15) is 10.1 Å². The zero-order valence-corrected chi connectivity index (χ0v) is 19.0. The number of anilines is 1. The summed E-state index contributed by atoms with van der Waals surface area (Å²) in [6, 6.07) is 5.55. The Kier molecular flexibility index (Phi) is 13.2. The second-order valence-electron chi connectivity index (χ2n) is 7.87. The maximum absolute atomic E-state index is 10.3. The Morgan fingerprint density at radius 2 is 2.13 bits per heavy atom. The van der Waals surface area contributed by atoms with E-state index in [1.807, 2.05) is 6.07 Å². The molecule has 0 spiro atoms. The van der Waals surface area contributed by atoms with Crippen molar-refractivity contribution >= 4 is 17.8 Å². The van der Waals surface area contributed by atoms with Crippen molar-refractivity contribution in [2.24, 2.45) is 5.92 Å². The van der Waals surface area contributed by atoms with Gasteiger partial charge in [-0.05, 0) is 43.9 Å². The Hall–Kier alpha value is -2.47. The fourth-order valence-corrected chi connectivity index (χ4v) is 2.76. The van der Waals surface area contributed by atoms with Gasteiger partial charge in [-0.2, -0.15) is 5.26 Å². The molecule has 8 nitrogen and oxygen atoms in total. The van der Waals surface area contributed by atoms with Crippen molar-refractivity contribution in [2.45, 2.75) is 52.7 Å². The van der Waals surface area contributed by atoms with E-state index < -0.39 is 0 Å². The van der Waals surface area contributed by atoms with Crippen molar-refractivity contribution in [3.63, 3.8) is 0 Å². The molecule has 1 saturated heterocycles. The van der Waals surface area contributed by atoms with E-state index in [1.54, 1.807) is 13.0 Å². The molecule has 2 fully saturated rings. The maximum atomic E-state index is 10.3. The van der Waals surface area contributed by atoms with Crippen LogP contribution in [0.15, 0.2) is 12.1 Å². The first-order valence-electron chi connectivity index (χ1n) is 10.9. The smallest absolute Gasteiger partial charge is 0.207 e. The van der Waals surface area contributed by atoms with Gasteiger partial charge in [0.2, 0.25) is 6.41 Å². The Morgan fingerprint density at radius 3 is 2.55 bits per heavy atom. The second kappa shape index (κ2) is 15.3. The van der Waals surface area contributed by atoms with E-state index in [0.717, 1.165) is 31.2 Å². The molecule has 31 heavy (non-hydrogen) atoms. The number of carbonyl (C=O) groups excluding carboxylic acids is 1. The summed E-state index contributed by atoms with van der Waals surface area (Å²) in [7, 11) is 0. The monoisotopic (exact) mass is 431 g/mol. The molecule has 1 saturated carbocycles. The molecule has 1 aromatic carbocycles. The topological polar surface area (TPSA) is 130 Å². The number of nitrogens with one attached hydrogen (secondary N) is 4. The van der Waals surface area contributed by atoms with Gasteiger partial charge in [0.15, 0.2) is 0 Å². The lowest BCUT2D eigenvalue weighted by Gasteiger charge is -2.18. The van der Waals surface area contributed by atoms with Gasteiger partial charge in [-0.1, -0.05) is 19.8 Å². The predicted octanol–water partition coefficient (Wildman–Crippen LogP) is 2.40. The molecule has 8 heteroatoms. The summed E-state index contributed by atoms with van der Waals surface area (Å²) in [4.78, 5) is 10.3. The first-order valence-corrected chi connectivity index (χ1v) is 10.9. The number of nitrogens with zero attached hydrogens (tertiary/aromatic N) is 1. The molecule has 3 rings (SSSR count). The zero-order valence-electron chi connectivity index (χ0n) is 19.0. The molecular formula is C23H37N5O3. The van der Waals surface area contributed by atoms with Gasteiger partial charge >= 0.3 is 0 Å². The quantitative estimate of drug-likeness (QED) is 0.244. The summed E-state index contributed by atoms with van der Waals surface area (Å²) >= 11 is 0. The van der Waals surface area contributed by atoms with Crippen molar-refractivity contribution in [3.05, 3.63) is 28.8 Å². The summed E-state index contributed by atoms with van der Waals surface area (Å²) in [5.41, 5.74) is 2.70. The first-order chi connectivity index (χ1) is 14.9. The van der Waals surface area contributed by atoms with Crippen LogP contribution in [0.4, 0.5) is 5.69 Å². The van der Waals surface area contributed by atoms with Gasteiger partial charge in [0, 0.05) is 49.7 Å². The fraction of sp³-hybridized carbons (Fsp3) is 0.609. The fourth-order valence-electron chi connectivity index (χ4n) is 2.76. The molecule has 1 aliphatic carbocycles. The van der Waals surface area contributed by atoms with Crippen LogP contribution < -0.4 is 16.0 Å². The van der Waals surface area contributed by atoms with Crippen molar-refractivity contribution in [2.75, 3.05) is 38.2 Å². The lowest BCUT2D eigenvalue weighted by molar-refractivity contribution is -0.109. The van der Waals surface area contributed by atoms with Crippen molar-refractivity contribution in [1.82, 2.24) is 10.6 Å². The lowest BCUT2D eigenvalue weighted by atomic mass is 9.98. The molecule has 1 unspecified atom stereocenters. The number of aliphatic hydroxyl groups excluding tert-OH is 1. The Balaban J connectivity index is 0.000000350. The second-order valence-corrected chi connectivity index (χ2v) is 7.87. The normalized spacial score (nSPS) is 17.1. The minimum Gasteiger partial charge on any atom is -0.396 e. The maximum Gasteiger partial charge on any atom is 0.207 e. The van der Waals surface area contributed by atoms with Crippen LogP contribution >= 0.6 is 0 Å². The molecule has 1 amide bonds. The molecule has 0 bridgehead atoms. The van der Waals surface area contributed by atoms with E-state index in [4.69, 9.17) is 15.3 Å². The average molecular weight is 432 g/mol. The van der Waals surface area contributed by atoms with Gasteiger partial charge in [0.1, 0.15) is 0 Å². The third-order valence-corrected chi connectivity index (χ3v) is 4.71. The van der Waals surface area contributed by atoms with Crippen molar-refractivity contribution < 1.29 is 14.6 Å². The Labute approximate surface area is 185 Å². The standard InChI is InChI=1S/C14H18N4O2.C5H11NO.C4H8/c1-10(16)14-12(7-15)5-11(8-17-9-20)6-13(14)18-3-2-4-19;1-5-4-6-2-3-7-5;1-4-2-3-4/h5-6,9,16,18-19H,2-4,8H2,1H3,(H,17,20);5-6H,2-4H2,1H3;4H,2-3H2,1H3.